The third kappa shape index (κ3) is 4.78. The van der Waals surface area contributed by atoms with Crippen LogP contribution in [-0.2, 0) is 11.2 Å². The maximum absolute atomic E-state index is 12.9. The maximum Gasteiger partial charge on any atom is 0.227 e. The molecule has 1 unspecified atom stereocenters. The van der Waals surface area contributed by atoms with E-state index in [1.807, 2.05) is 18.7 Å². The second-order valence-corrected chi connectivity index (χ2v) is 7.82. The number of hydrogen-bond donors (Lipinski definition) is 0. The summed E-state index contributed by atoms with van der Waals surface area (Å²) >= 11 is 1.60. The minimum Gasteiger partial charge on any atom is -0.493 e. The number of aromatic nitrogens is 1. The lowest BCUT2D eigenvalue weighted by Gasteiger charge is -2.32. The number of hydrogen-bond acceptors (Lipinski definition) is 4. The van der Waals surface area contributed by atoms with Crippen LogP contribution < -0.4 is 4.74 Å². The monoisotopic (exact) mass is 362 g/mol. The van der Waals surface area contributed by atoms with Crippen molar-refractivity contribution in [1.29, 1.82) is 0 Å². The average molecular weight is 362 g/mol. The van der Waals surface area contributed by atoms with Crippen molar-refractivity contribution in [3.63, 3.8) is 0 Å². The zero-order chi connectivity index (χ0) is 17.8. The molecule has 2 heterocycles. The van der Waals surface area contributed by atoms with E-state index in [1.165, 1.54) is 12.1 Å². The molecule has 0 aliphatic carbocycles. The predicted molar refractivity (Wildman–Crippen MR) is 96.5 cm³/mol. The van der Waals surface area contributed by atoms with Gasteiger partial charge in [-0.15, -0.1) is 11.3 Å². The second-order valence-electron chi connectivity index (χ2n) is 6.53. The van der Waals surface area contributed by atoms with E-state index >= 15 is 0 Å². The number of carbonyl (C=O) groups excluding carboxylic acids is 1. The molecule has 1 fully saturated rings. The SMILES string of the molecule is Cc1nc(C)c(CC(=O)N2CCCC(COc3ccc(F)cc3)C2)s1. The Bertz CT molecular complexity index is 730. The zero-order valence-electron chi connectivity index (χ0n) is 14.6. The number of likely N-dealkylation sites (tertiary alicyclic amines) is 1. The molecule has 1 saturated heterocycles. The van der Waals surface area contributed by atoms with Crippen molar-refractivity contribution in [2.75, 3.05) is 19.7 Å². The molecular weight excluding hydrogens is 339 g/mol. The van der Waals surface area contributed by atoms with Crippen LogP contribution in [0.4, 0.5) is 4.39 Å². The zero-order valence-corrected chi connectivity index (χ0v) is 15.4. The first kappa shape index (κ1) is 17.9. The maximum atomic E-state index is 12.9. The molecule has 0 spiro atoms. The third-order valence-electron chi connectivity index (χ3n) is 4.48. The van der Waals surface area contributed by atoms with Gasteiger partial charge < -0.3 is 9.64 Å². The van der Waals surface area contributed by atoms with Crippen molar-refractivity contribution in [2.45, 2.75) is 33.1 Å². The highest BCUT2D eigenvalue weighted by Gasteiger charge is 2.25. The lowest BCUT2D eigenvalue weighted by atomic mass is 9.98. The summed E-state index contributed by atoms with van der Waals surface area (Å²) in [6.45, 7) is 6.00. The largest absolute Gasteiger partial charge is 0.493 e. The minimum atomic E-state index is -0.268. The van der Waals surface area contributed by atoms with Gasteiger partial charge in [0.05, 0.1) is 23.7 Å². The smallest absolute Gasteiger partial charge is 0.227 e. The number of thiazole rings is 1. The van der Waals surface area contributed by atoms with Gasteiger partial charge in [-0.05, 0) is 51.0 Å². The van der Waals surface area contributed by atoms with Crippen molar-refractivity contribution in [2.24, 2.45) is 5.92 Å². The molecule has 1 aromatic carbocycles. The van der Waals surface area contributed by atoms with Crippen LogP contribution in [0.3, 0.4) is 0 Å². The standard InChI is InChI=1S/C19H23FN2O2S/c1-13-18(25-14(2)21-13)10-19(23)22-9-3-4-15(11-22)12-24-17-7-5-16(20)6-8-17/h5-8,15H,3-4,9-12H2,1-2H3. The van der Waals surface area contributed by atoms with E-state index in [4.69, 9.17) is 4.74 Å². The van der Waals surface area contributed by atoms with E-state index in [1.54, 1.807) is 23.5 Å². The third-order valence-corrected chi connectivity index (χ3v) is 5.56. The molecule has 1 aromatic heterocycles. The summed E-state index contributed by atoms with van der Waals surface area (Å²) < 4.78 is 18.7. The molecule has 0 radical (unpaired) electrons. The van der Waals surface area contributed by atoms with Gasteiger partial charge in [0.1, 0.15) is 11.6 Å². The Labute approximate surface area is 151 Å². The van der Waals surface area contributed by atoms with Crippen molar-refractivity contribution >= 4 is 17.2 Å². The van der Waals surface area contributed by atoms with Gasteiger partial charge in [0.2, 0.25) is 5.91 Å². The number of halogens is 1. The topological polar surface area (TPSA) is 42.4 Å². The van der Waals surface area contributed by atoms with Crippen LogP contribution in [-0.4, -0.2) is 35.5 Å². The number of rotatable bonds is 5. The molecule has 6 heteroatoms. The summed E-state index contributed by atoms with van der Waals surface area (Å²) in [5, 5.41) is 1.00. The highest BCUT2D eigenvalue weighted by atomic mass is 32.1. The first-order chi connectivity index (χ1) is 12.0. The fourth-order valence-electron chi connectivity index (χ4n) is 3.16. The Kier molecular flexibility index (Phi) is 5.68. The van der Waals surface area contributed by atoms with Crippen molar-refractivity contribution in [1.82, 2.24) is 9.88 Å². The highest BCUT2D eigenvalue weighted by molar-refractivity contribution is 7.11. The molecule has 1 aliphatic rings. The number of piperidine rings is 1. The molecule has 2 aromatic rings. The molecule has 1 aliphatic heterocycles. The number of ether oxygens (including phenoxy) is 1. The van der Waals surface area contributed by atoms with Crippen LogP contribution in [0.5, 0.6) is 5.75 Å². The van der Waals surface area contributed by atoms with Crippen LogP contribution in [0.1, 0.15) is 28.4 Å². The van der Waals surface area contributed by atoms with Gasteiger partial charge in [-0.25, -0.2) is 9.37 Å². The molecule has 0 saturated carbocycles. The quantitative estimate of drug-likeness (QED) is 0.813. The van der Waals surface area contributed by atoms with Gasteiger partial charge in [-0.2, -0.15) is 0 Å². The van der Waals surface area contributed by atoms with Crippen LogP contribution in [0.15, 0.2) is 24.3 Å². The van der Waals surface area contributed by atoms with Gasteiger partial charge in [-0.1, -0.05) is 0 Å². The number of benzene rings is 1. The fourth-order valence-corrected chi connectivity index (χ4v) is 4.09. The summed E-state index contributed by atoms with van der Waals surface area (Å²) in [5.41, 5.74) is 0.962. The Morgan fingerprint density at radius 1 is 1.36 bits per heavy atom. The Balaban J connectivity index is 1.52. The summed E-state index contributed by atoms with van der Waals surface area (Å²) in [6, 6.07) is 6.06. The van der Waals surface area contributed by atoms with Crippen LogP contribution in [0.25, 0.3) is 0 Å². The van der Waals surface area contributed by atoms with Crippen molar-refractivity contribution < 1.29 is 13.9 Å². The molecule has 0 bridgehead atoms. The molecule has 1 atom stereocenters. The highest BCUT2D eigenvalue weighted by Crippen LogP contribution is 2.22. The van der Waals surface area contributed by atoms with E-state index < -0.39 is 0 Å². The number of nitrogens with zero attached hydrogens (tertiary/aromatic N) is 2. The van der Waals surface area contributed by atoms with E-state index in [2.05, 4.69) is 4.98 Å². The number of carbonyl (C=O) groups is 1. The van der Waals surface area contributed by atoms with Crippen molar-refractivity contribution in [3.8, 4) is 5.75 Å². The minimum absolute atomic E-state index is 0.165. The first-order valence-corrected chi connectivity index (χ1v) is 9.42. The summed E-state index contributed by atoms with van der Waals surface area (Å²) in [4.78, 5) is 20.0. The average Bonchev–Trinajstić information content (AvgIpc) is 2.92. The Morgan fingerprint density at radius 3 is 2.80 bits per heavy atom. The van der Waals surface area contributed by atoms with E-state index in [-0.39, 0.29) is 11.7 Å². The lowest BCUT2D eigenvalue weighted by Crippen LogP contribution is -2.42. The normalized spacial score (nSPS) is 17.6. The summed E-state index contributed by atoms with van der Waals surface area (Å²) in [7, 11) is 0. The predicted octanol–water partition coefficient (Wildman–Crippen LogP) is 3.76. The van der Waals surface area contributed by atoms with E-state index in [9.17, 15) is 9.18 Å². The van der Waals surface area contributed by atoms with Gasteiger partial charge in [-0.3, -0.25) is 4.79 Å². The summed E-state index contributed by atoms with van der Waals surface area (Å²) in [6.07, 6.45) is 2.47. The molecule has 134 valence electrons. The van der Waals surface area contributed by atoms with Gasteiger partial charge in [0, 0.05) is 23.9 Å². The molecule has 3 rings (SSSR count). The lowest BCUT2D eigenvalue weighted by molar-refractivity contribution is -0.132. The molecule has 1 amide bonds. The molecular formula is C19H23FN2O2S. The first-order valence-electron chi connectivity index (χ1n) is 8.60. The van der Waals surface area contributed by atoms with E-state index in [0.717, 1.165) is 41.5 Å². The number of amides is 1. The van der Waals surface area contributed by atoms with Crippen molar-refractivity contribution in [3.05, 3.63) is 45.7 Å². The van der Waals surface area contributed by atoms with Gasteiger partial charge in [0.15, 0.2) is 0 Å². The Morgan fingerprint density at radius 2 is 2.12 bits per heavy atom. The molecule has 4 nitrogen and oxygen atoms in total. The van der Waals surface area contributed by atoms with Crippen LogP contribution in [0.2, 0.25) is 0 Å². The van der Waals surface area contributed by atoms with E-state index in [0.29, 0.717) is 24.7 Å². The van der Waals surface area contributed by atoms with Crippen LogP contribution >= 0.6 is 11.3 Å². The van der Waals surface area contributed by atoms with Crippen LogP contribution in [0, 0.1) is 25.6 Å². The fraction of sp³-hybridized carbons (Fsp3) is 0.474. The Hall–Kier alpha value is -1.95. The molecule has 0 N–H and O–H groups in total. The van der Waals surface area contributed by atoms with Gasteiger partial charge >= 0.3 is 0 Å². The van der Waals surface area contributed by atoms with Gasteiger partial charge in [0.25, 0.3) is 0 Å². The molecule has 25 heavy (non-hydrogen) atoms. The second kappa shape index (κ2) is 7.95. The summed E-state index contributed by atoms with van der Waals surface area (Å²) in [5.74, 6) is 0.876. The number of aryl methyl sites for hydroxylation is 2.